The molecule has 0 unspecified atom stereocenters. The summed E-state index contributed by atoms with van der Waals surface area (Å²) in [4.78, 5) is 44.3. The number of nitro benzene ring substituents is 1. The van der Waals surface area contributed by atoms with Gasteiger partial charge in [-0.3, -0.25) is 19.7 Å². The molecule has 0 bridgehead atoms. The van der Waals surface area contributed by atoms with Crippen LogP contribution >= 0.6 is 0 Å². The quantitative estimate of drug-likeness (QED) is 0.353. The predicted molar refractivity (Wildman–Crippen MR) is 140 cm³/mol. The van der Waals surface area contributed by atoms with Crippen molar-refractivity contribution >= 4 is 17.5 Å². The highest BCUT2D eigenvalue weighted by molar-refractivity contribution is 5.96. The Bertz CT molecular complexity index is 854. The van der Waals surface area contributed by atoms with Gasteiger partial charge in [-0.15, -0.1) is 0 Å². The molecule has 8 heteroatoms. The highest BCUT2D eigenvalue weighted by Gasteiger charge is 2.34. The minimum absolute atomic E-state index is 0.0386. The zero-order valence-corrected chi connectivity index (χ0v) is 21.6. The third-order valence-electron chi connectivity index (χ3n) is 8.30. The number of nitrogens with zero attached hydrogens (tertiary/aromatic N) is 4. The Hall–Kier alpha value is -2.48. The predicted octanol–water partition coefficient (Wildman–Crippen LogP) is 5.02. The molecule has 1 aliphatic heterocycles. The number of amides is 2. The molecule has 2 saturated carbocycles. The minimum Gasteiger partial charge on any atom is -0.335 e. The molecule has 2 amide bonds. The summed E-state index contributed by atoms with van der Waals surface area (Å²) in [6.07, 6.45) is 15.0. The lowest BCUT2D eigenvalue weighted by atomic mass is 9.88. The lowest BCUT2D eigenvalue weighted by Crippen LogP contribution is -2.53. The van der Waals surface area contributed by atoms with Crippen molar-refractivity contribution in [3.8, 4) is 0 Å². The zero-order valence-electron chi connectivity index (χ0n) is 21.6. The van der Waals surface area contributed by atoms with E-state index in [0.29, 0.717) is 12.1 Å². The molecule has 198 valence electrons. The lowest BCUT2D eigenvalue weighted by molar-refractivity contribution is -0.384. The van der Waals surface area contributed by atoms with Gasteiger partial charge in [0.2, 0.25) is 5.91 Å². The Balaban J connectivity index is 1.51. The van der Waals surface area contributed by atoms with Gasteiger partial charge in [0.05, 0.1) is 4.92 Å². The molecule has 0 N–H and O–H groups in total. The smallest absolute Gasteiger partial charge is 0.269 e. The van der Waals surface area contributed by atoms with Crippen LogP contribution in [0.2, 0.25) is 0 Å². The Morgan fingerprint density at radius 2 is 1.36 bits per heavy atom. The fourth-order valence-corrected chi connectivity index (χ4v) is 6.27. The molecule has 3 aliphatic rings. The summed E-state index contributed by atoms with van der Waals surface area (Å²) in [6.45, 7) is 3.38. The number of hydrogen-bond donors (Lipinski definition) is 0. The lowest BCUT2D eigenvalue weighted by Gasteiger charge is -2.42. The first-order valence-corrected chi connectivity index (χ1v) is 14.1. The maximum Gasteiger partial charge on any atom is 0.269 e. The van der Waals surface area contributed by atoms with Crippen LogP contribution in [0, 0.1) is 10.1 Å². The number of piperidine rings is 1. The van der Waals surface area contributed by atoms with E-state index in [1.165, 1.54) is 82.1 Å². The summed E-state index contributed by atoms with van der Waals surface area (Å²) in [7, 11) is 0. The van der Waals surface area contributed by atoms with Gasteiger partial charge in [0.15, 0.2) is 0 Å². The second-order valence-electron chi connectivity index (χ2n) is 10.8. The number of non-ortho nitro benzene ring substituents is 1. The summed E-state index contributed by atoms with van der Waals surface area (Å²) in [6, 6.07) is 6.33. The number of likely N-dealkylation sites (tertiary alicyclic amines) is 1. The molecule has 0 spiro atoms. The monoisotopic (exact) mass is 498 g/mol. The fraction of sp³-hybridized carbons (Fsp3) is 0.714. The van der Waals surface area contributed by atoms with Gasteiger partial charge in [-0.25, -0.2) is 0 Å². The van der Waals surface area contributed by atoms with Gasteiger partial charge in [-0.2, -0.15) is 0 Å². The molecule has 1 saturated heterocycles. The normalized spacial score (nSPS) is 20.1. The topological polar surface area (TPSA) is 87.0 Å². The maximum atomic E-state index is 13.9. The number of nitro groups is 1. The molecular weight excluding hydrogens is 456 g/mol. The van der Waals surface area contributed by atoms with Crippen LogP contribution in [-0.2, 0) is 4.79 Å². The van der Waals surface area contributed by atoms with E-state index in [1.54, 1.807) is 4.90 Å². The van der Waals surface area contributed by atoms with E-state index in [4.69, 9.17) is 0 Å². The van der Waals surface area contributed by atoms with Crippen molar-refractivity contribution in [2.24, 2.45) is 0 Å². The Kier molecular flexibility index (Phi) is 9.73. The van der Waals surface area contributed by atoms with Gasteiger partial charge in [0.1, 0.15) is 6.54 Å². The van der Waals surface area contributed by atoms with Crippen LogP contribution < -0.4 is 0 Å². The van der Waals surface area contributed by atoms with E-state index in [0.717, 1.165) is 45.3 Å². The van der Waals surface area contributed by atoms with E-state index in [1.807, 2.05) is 0 Å². The van der Waals surface area contributed by atoms with Gasteiger partial charge < -0.3 is 14.7 Å². The summed E-state index contributed by atoms with van der Waals surface area (Å²) < 4.78 is 0. The first-order chi connectivity index (χ1) is 17.5. The Labute approximate surface area is 215 Å². The molecule has 2 aliphatic carbocycles. The van der Waals surface area contributed by atoms with Crippen molar-refractivity contribution in [3.63, 3.8) is 0 Å². The molecule has 1 heterocycles. The second kappa shape index (κ2) is 13.2. The van der Waals surface area contributed by atoms with E-state index in [9.17, 15) is 19.7 Å². The molecular formula is C28H42N4O4. The molecule has 36 heavy (non-hydrogen) atoms. The average Bonchev–Trinajstić information content (AvgIpc) is 2.92. The highest BCUT2D eigenvalue weighted by Crippen LogP contribution is 2.30. The van der Waals surface area contributed by atoms with Crippen molar-refractivity contribution in [1.29, 1.82) is 0 Å². The molecule has 0 radical (unpaired) electrons. The standard InChI is InChI=1S/C28H42N4O4/c33-27(31(24-10-4-1-5-11-24)25-12-6-2-7-13-25)22-30(21-20-29-18-8-3-9-19-29)28(34)23-14-16-26(17-15-23)32(35)36/h14-17,24-25H,1-13,18-22H2. The summed E-state index contributed by atoms with van der Waals surface area (Å²) >= 11 is 0. The minimum atomic E-state index is -0.460. The second-order valence-corrected chi connectivity index (χ2v) is 10.8. The van der Waals surface area contributed by atoms with Crippen LogP contribution in [0.1, 0.15) is 93.8 Å². The first kappa shape index (κ1) is 26.6. The number of carbonyl (C=O) groups excluding carboxylic acids is 2. The van der Waals surface area contributed by atoms with Crippen molar-refractivity contribution in [3.05, 3.63) is 39.9 Å². The van der Waals surface area contributed by atoms with Gasteiger partial charge in [-0.1, -0.05) is 44.9 Å². The van der Waals surface area contributed by atoms with E-state index < -0.39 is 4.92 Å². The molecule has 8 nitrogen and oxygen atoms in total. The van der Waals surface area contributed by atoms with Crippen LogP contribution in [0.5, 0.6) is 0 Å². The van der Waals surface area contributed by atoms with Crippen molar-refractivity contribution in [1.82, 2.24) is 14.7 Å². The fourth-order valence-electron chi connectivity index (χ4n) is 6.27. The van der Waals surface area contributed by atoms with Gasteiger partial charge in [0.25, 0.3) is 11.6 Å². The number of rotatable bonds is 9. The van der Waals surface area contributed by atoms with Crippen LogP contribution in [0.25, 0.3) is 0 Å². The average molecular weight is 499 g/mol. The van der Waals surface area contributed by atoms with Crippen LogP contribution in [-0.4, -0.2) is 76.2 Å². The molecule has 1 aromatic rings. The van der Waals surface area contributed by atoms with Crippen LogP contribution in [0.3, 0.4) is 0 Å². The molecule has 4 rings (SSSR count). The van der Waals surface area contributed by atoms with Gasteiger partial charge in [-0.05, 0) is 63.7 Å². The number of hydrogen-bond acceptors (Lipinski definition) is 5. The van der Waals surface area contributed by atoms with Crippen molar-refractivity contribution in [2.45, 2.75) is 95.6 Å². The van der Waals surface area contributed by atoms with E-state index in [-0.39, 0.29) is 36.1 Å². The third-order valence-corrected chi connectivity index (χ3v) is 8.30. The van der Waals surface area contributed by atoms with Crippen LogP contribution in [0.15, 0.2) is 24.3 Å². The van der Waals surface area contributed by atoms with Crippen LogP contribution in [0.4, 0.5) is 5.69 Å². The number of carbonyl (C=O) groups is 2. The summed E-state index contributed by atoms with van der Waals surface area (Å²) in [5.41, 5.74) is 0.359. The summed E-state index contributed by atoms with van der Waals surface area (Å²) in [5.74, 6) is -0.148. The molecule has 0 atom stereocenters. The maximum absolute atomic E-state index is 13.9. The third kappa shape index (κ3) is 7.05. The largest absolute Gasteiger partial charge is 0.335 e. The highest BCUT2D eigenvalue weighted by atomic mass is 16.6. The molecule has 0 aromatic heterocycles. The summed E-state index contributed by atoms with van der Waals surface area (Å²) in [5, 5.41) is 11.1. The number of benzene rings is 1. The van der Waals surface area contributed by atoms with E-state index >= 15 is 0 Å². The van der Waals surface area contributed by atoms with Gasteiger partial charge >= 0.3 is 0 Å². The SMILES string of the molecule is O=C(c1ccc([N+](=O)[O-])cc1)N(CCN1CCCCC1)CC(=O)N(C1CCCCC1)C1CCCCC1. The zero-order chi connectivity index (χ0) is 25.3. The van der Waals surface area contributed by atoms with E-state index in [2.05, 4.69) is 9.80 Å². The Morgan fingerprint density at radius 1 is 0.833 bits per heavy atom. The van der Waals surface area contributed by atoms with Gasteiger partial charge in [0, 0.05) is 42.9 Å². The molecule has 1 aromatic carbocycles. The Morgan fingerprint density at radius 3 is 1.89 bits per heavy atom. The first-order valence-electron chi connectivity index (χ1n) is 14.1. The van der Waals surface area contributed by atoms with Crippen molar-refractivity contribution < 1.29 is 14.5 Å². The molecule has 3 fully saturated rings. The van der Waals surface area contributed by atoms with Crippen molar-refractivity contribution in [2.75, 3.05) is 32.7 Å².